The van der Waals surface area contributed by atoms with E-state index < -0.39 is 0 Å². The molecule has 18 heavy (non-hydrogen) atoms. The molecule has 2 atom stereocenters. The largest absolute Gasteiger partial charge is 0.127 e. The van der Waals surface area contributed by atoms with Crippen molar-refractivity contribution < 1.29 is 0 Å². The van der Waals surface area contributed by atoms with Crippen molar-refractivity contribution in [1.29, 1.82) is 0 Å². The fourth-order valence-electron chi connectivity index (χ4n) is 4.13. The molecule has 0 nitrogen and oxygen atoms in total. The number of fused-ring (bicyclic) bond motifs is 2. The third kappa shape index (κ3) is 2.98. The fraction of sp³-hybridized carbons (Fsp3) is 0.882. The van der Waals surface area contributed by atoms with Gasteiger partial charge in [0.25, 0.3) is 0 Å². The third-order valence-corrected chi connectivity index (χ3v) is 6.77. The van der Waals surface area contributed by atoms with Crippen LogP contribution in [0.15, 0.2) is 10.5 Å². The molecule has 2 unspecified atom stereocenters. The second-order valence-electron chi connectivity index (χ2n) is 6.47. The molecule has 0 saturated heterocycles. The highest BCUT2D eigenvalue weighted by Gasteiger charge is 2.35. The highest BCUT2D eigenvalue weighted by atomic mass is 32.2. The first-order valence-corrected chi connectivity index (χ1v) is 9.22. The molecular formula is C17H28S. The van der Waals surface area contributed by atoms with Crippen LogP contribution in [0.1, 0.15) is 83.5 Å². The molecule has 1 saturated carbocycles. The Labute approximate surface area is 117 Å². The second kappa shape index (κ2) is 6.50. The topological polar surface area (TPSA) is 0 Å². The van der Waals surface area contributed by atoms with E-state index in [1.165, 1.54) is 83.5 Å². The summed E-state index contributed by atoms with van der Waals surface area (Å²) in [5, 5.41) is 0.978. The predicted molar refractivity (Wildman–Crippen MR) is 81.9 cm³/mol. The lowest BCUT2D eigenvalue weighted by atomic mass is 9.83. The van der Waals surface area contributed by atoms with Gasteiger partial charge in [-0.3, -0.25) is 0 Å². The van der Waals surface area contributed by atoms with Crippen LogP contribution in [0, 0.1) is 5.92 Å². The summed E-state index contributed by atoms with van der Waals surface area (Å²) in [6, 6.07) is 0. The molecule has 0 aromatic heterocycles. The van der Waals surface area contributed by atoms with Crippen molar-refractivity contribution in [2.75, 3.05) is 0 Å². The number of hydrogen-bond acceptors (Lipinski definition) is 1. The summed E-state index contributed by atoms with van der Waals surface area (Å²) in [6.45, 7) is 0. The van der Waals surface area contributed by atoms with Crippen LogP contribution in [0.2, 0.25) is 0 Å². The lowest BCUT2D eigenvalue weighted by Crippen LogP contribution is -2.15. The van der Waals surface area contributed by atoms with Crippen LogP contribution in [0.25, 0.3) is 0 Å². The van der Waals surface area contributed by atoms with Crippen molar-refractivity contribution in [3.8, 4) is 0 Å². The van der Waals surface area contributed by atoms with Gasteiger partial charge in [-0.2, -0.15) is 0 Å². The van der Waals surface area contributed by atoms with E-state index in [9.17, 15) is 0 Å². The molecular weight excluding hydrogens is 236 g/mol. The number of rotatable bonds is 0. The van der Waals surface area contributed by atoms with E-state index in [-0.39, 0.29) is 0 Å². The van der Waals surface area contributed by atoms with Gasteiger partial charge in [0, 0.05) is 5.25 Å². The van der Waals surface area contributed by atoms with Crippen LogP contribution >= 0.6 is 11.8 Å². The molecule has 0 N–H and O–H groups in total. The van der Waals surface area contributed by atoms with Crippen molar-refractivity contribution in [1.82, 2.24) is 0 Å². The van der Waals surface area contributed by atoms with Gasteiger partial charge >= 0.3 is 0 Å². The van der Waals surface area contributed by atoms with E-state index >= 15 is 0 Å². The minimum atomic E-state index is 0.978. The number of hydrogen-bond donors (Lipinski definition) is 0. The smallest absolute Gasteiger partial charge is 0.0157 e. The van der Waals surface area contributed by atoms with E-state index in [0.29, 0.717) is 0 Å². The molecule has 1 aliphatic heterocycles. The van der Waals surface area contributed by atoms with Crippen molar-refractivity contribution in [3.05, 3.63) is 10.5 Å². The average molecular weight is 264 g/mol. The molecule has 0 radical (unpaired) electrons. The van der Waals surface area contributed by atoms with E-state index in [1.54, 1.807) is 0 Å². The normalized spacial score (nSPS) is 34.7. The molecule has 0 bridgehead atoms. The molecule has 1 heteroatoms. The van der Waals surface area contributed by atoms with E-state index in [4.69, 9.17) is 0 Å². The highest BCUT2D eigenvalue weighted by molar-refractivity contribution is 8.04. The quantitative estimate of drug-likeness (QED) is 0.511. The zero-order valence-electron chi connectivity index (χ0n) is 11.8. The van der Waals surface area contributed by atoms with Crippen LogP contribution in [0.3, 0.4) is 0 Å². The number of thioether (sulfide) groups is 1. The maximum atomic E-state index is 2.30. The lowest BCUT2D eigenvalue weighted by molar-refractivity contribution is 0.464. The zero-order chi connectivity index (χ0) is 12.2. The van der Waals surface area contributed by atoms with Crippen molar-refractivity contribution in [3.63, 3.8) is 0 Å². The maximum absolute atomic E-state index is 2.30. The summed E-state index contributed by atoms with van der Waals surface area (Å²) >= 11 is 2.30. The van der Waals surface area contributed by atoms with Gasteiger partial charge in [-0.25, -0.2) is 0 Å². The van der Waals surface area contributed by atoms with Crippen molar-refractivity contribution in [2.24, 2.45) is 5.92 Å². The van der Waals surface area contributed by atoms with Crippen LogP contribution in [0.4, 0.5) is 0 Å². The first kappa shape index (κ1) is 13.1. The Kier molecular flexibility index (Phi) is 4.73. The zero-order valence-corrected chi connectivity index (χ0v) is 12.6. The summed E-state index contributed by atoms with van der Waals surface area (Å²) in [6.07, 6.45) is 19.3. The van der Waals surface area contributed by atoms with E-state index in [0.717, 1.165) is 11.2 Å². The van der Waals surface area contributed by atoms with Crippen LogP contribution in [-0.4, -0.2) is 5.25 Å². The third-order valence-electron chi connectivity index (χ3n) is 5.15. The Balaban J connectivity index is 1.68. The minimum Gasteiger partial charge on any atom is -0.127 e. The molecule has 1 heterocycles. The Hall–Kier alpha value is 0.0900. The molecule has 0 aromatic rings. The summed E-state index contributed by atoms with van der Waals surface area (Å²) in [5.41, 5.74) is 1.93. The molecule has 1 fully saturated rings. The van der Waals surface area contributed by atoms with Gasteiger partial charge in [0.2, 0.25) is 0 Å². The van der Waals surface area contributed by atoms with Gasteiger partial charge < -0.3 is 0 Å². The number of allylic oxidation sites excluding steroid dienone is 2. The molecule has 102 valence electrons. The summed E-state index contributed by atoms with van der Waals surface area (Å²) in [5.74, 6) is 0.989. The summed E-state index contributed by atoms with van der Waals surface area (Å²) in [7, 11) is 0. The van der Waals surface area contributed by atoms with Gasteiger partial charge in [-0.15, -0.1) is 11.8 Å². The highest BCUT2D eigenvalue weighted by Crippen LogP contribution is 2.51. The van der Waals surface area contributed by atoms with Gasteiger partial charge in [0.05, 0.1) is 0 Å². The van der Waals surface area contributed by atoms with Gasteiger partial charge in [-0.1, -0.05) is 50.5 Å². The molecule has 3 aliphatic rings. The SMILES string of the molecule is C1CCCCC2SC3=C(CCCC3)C2CCCC1. The molecule has 0 aromatic carbocycles. The molecule has 3 rings (SSSR count). The first-order chi connectivity index (χ1) is 8.95. The van der Waals surface area contributed by atoms with Crippen LogP contribution < -0.4 is 0 Å². The maximum Gasteiger partial charge on any atom is 0.0157 e. The Morgan fingerprint density at radius 2 is 1.33 bits per heavy atom. The average Bonchev–Trinajstić information content (AvgIpc) is 2.72. The van der Waals surface area contributed by atoms with Crippen molar-refractivity contribution in [2.45, 2.75) is 88.7 Å². The monoisotopic (exact) mass is 264 g/mol. The van der Waals surface area contributed by atoms with Gasteiger partial charge in [-0.05, 0) is 49.3 Å². The minimum absolute atomic E-state index is 0.978. The summed E-state index contributed by atoms with van der Waals surface area (Å²) in [4.78, 5) is 1.84. The van der Waals surface area contributed by atoms with Gasteiger partial charge in [0.15, 0.2) is 0 Å². The molecule has 0 amide bonds. The van der Waals surface area contributed by atoms with E-state index in [1.807, 2.05) is 10.5 Å². The first-order valence-electron chi connectivity index (χ1n) is 8.34. The lowest BCUT2D eigenvalue weighted by Gasteiger charge is -2.22. The fourth-order valence-corrected chi connectivity index (χ4v) is 5.91. The predicted octanol–water partition coefficient (Wildman–Crippen LogP) is 6.07. The van der Waals surface area contributed by atoms with Crippen LogP contribution in [-0.2, 0) is 0 Å². The van der Waals surface area contributed by atoms with Crippen LogP contribution in [0.5, 0.6) is 0 Å². The Bertz CT molecular complexity index is 305. The molecule has 0 spiro atoms. The second-order valence-corrected chi connectivity index (χ2v) is 7.80. The Morgan fingerprint density at radius 3 is 2.17 bits per heavy atom. The molecule has 2 aliphatic carbocycles. The summed E-state index contributed by atoms with van der Waals surface area (Å²) < 4.78 is 0. The van der Waals surface area contributed by atoms with Gasteiger partial charge in [0.1, 0.15) is 0 Å². The standard InChI is InChI=1S/C17H28S/c1-2-4-6-10-14-15-11-8-9-13-17(15)18-16(14)12-7-5-3-1/h14,16H,1-13H2. The Morgan fingerprint density at radius 1 is 0.667 bits per heavy atom. The van der Waals surface area contributed by atoms with Crippen molar-refractivity contribution >= 4 is 11.8 Å². The van der Waals surface area contributed by atoms with E-state index in [2.05, 4.69) is 11.8 Å².